The number of carbonyl (C=O) groups is 1. The Hall–Kier alpha value is -1.37. The Morgan fingerprint density at radius 2 is 1.92 bits per heavy atom. The molecule has 0 aliphatic carbocycles. The fourth-order valence-electron chi connectivity index (χ4n) is 4.44. The van der Waals surface area contributed by atoms with E-state index < -0.39 is 0 Å². The maximum Gasteiger partial charge on any atom is 0.227 e. The van der Waals surface area contributed by atoms with Crippen molar-refractivity contribution in [2.75, 3.05) is 52.6 Å². The quantitative estimate of drug-likeness (QED) is 0.836. The van der Waals surface area contributed by atoms with Crippen LogP contribution in [0.5, 0.6) is 0 Å². The maximum absolute atomic E-state index is 13.2. The number of morpholine rings is 1. The SMILES string of the molecule is O=C([C@H]1CN(Cc2ccco2)CC12CCOCC2)N1CCOCC1. The Labute approximate surface area is 142 Å². The largest absolute Gasteiger partial charge is 0.468 e. The summed E-state index contributed by atoms with van der Waals surface area (Å²) >= 11 is 0. The molecule has 3 saturated heterocycles. The summed E-state index contributed by atoms with van der Waals surface area (Å²) in [6, 6.07) is 3.93. The van der Waals surface area contributed by atoms with Gasteiger partial charge in [0.2, 0.25) is 5.91 Å². The van der Waals surface area contributed by atoms with Crippen LogP contribution in [0.4, 0.5) is 0 Å². The van der Waals surface area contributed by atoms with Gasteiger partial charge in [0.15, 0.2) is 0 Å². The number of hydrogen-bond donors (Lipinski definition) is 0. The van der Waals surface area contributed by atoms with E-state index in [0.717, 1.165) is 64.5 Å². The van der Waals surface area contributed by atoms with Gasteiger partial charge >= 0.3 is 0 Å². The minimum Gasteiger partial charge on any atom is -0.468 e. The average molecular weight is 334 g/mol. The molecule has 3 aliphatic heterocycles. The van der Waals surface area contributed by atoms with E-state index in [2.05, 4.69) is 4.90 Å². The Kier molecular flexibility index (Phi) is 4.61. The summed E-state index contributed by atoms with van der Waals surface area (Å²) < 4.78 is 16.5. The van der Waals surface area contributed by atoms with Gasteiger partial charge in [-0.1, -0.05) is 0 Å². The molecule has 0 saturated carbocycles. The lowest BCUT2D eigenvalue weighted by Gasteiger charge is -2.40. The number of furan rings is 1. The summed E-state index contributed by atoms with van der Waals surface area (Å²) in [7, 11) is 0. The highest BCUT2D eigenvalue weighted by atomic mass is 16.5. The van der Waals surface area contributed by atoms with Crippen molar-refractivity contribution < 1.29 is 18.7 Å². The lowest BCUT2D eigenvalue weighted by atomic mass is 9.71. The number of likely N-dealkylation sites (tertiary alicyclic amines) is 1. The van der Waals surface area contributed by atoms with Crippen LogP contribution >= 0.6 is 0 Å². The van der Waals surface area contributed by atoms with Crippen molar-refractivity contribution in [1.82, 2.24) is 9.80 Å². The fraction of sp³-hybridized carbons (Fsp3) is 0.722. The smallest absolute Gasteiger partial charge is 0.227 e. The predicted molar refractivity (Wildman–Crippen MR) is 87.4 cm³/mol. The molecule has 0 bridgehead atoms. The molecule has 0 N–H and O–H groups in total. The minimum absolute atomic E-state index is 0.0558. The molecule has 1 atom stereocenters. The monoisotopic (exact) mass is 334 g/mol. The zero-order chi connectivity index (χ0) is 16.4. The zero-order valence-corrected chi connectivity index (χ0v) is 14.1. The van der Waals surface area contributed by atoms with E-state index in [9.17, 15) is 4.79 Å². The predicted octanol–water partition coefficient (Wildman–Crippen LogP) is 1.37. The van der Waals surface area contributed by atoms with Gasteiger partial charge in [-0.3, -0.25) is 9.69 Å². The van der Waals surface area contributed by atoms with E-state index in [1.807, 2.05) is 17.0 Å². The van der Waals surface area contributed by atoms with Crippen molar-refractivity contribution in [2.45, 2.75) is 19.4 Å². The van der Waals surface area contributed by atoms with Gasteiger partial charge in [-0.15, -0.1) is 0 Å². The summed E-state index contributed by atoms with van der Waals surface area (Å²) in [5, 5.41) is 0. The molecule has 6 nitrogen and oxygen atoms in total. The number of amides is 1. The Morgan fingerprint density at radius 3 is 2.62 bits per heavy atom. The van der Waals surface area contributed by atoms with Crippen LogP contribution in [0, 0.1) is 11.3 Å². The fourth-order valence-corrected chi connectivity index (χ4v) is 4.44. The third-order valence-electron chi connectivity index (χ3n) is 5.79. The Bertz CT molecular complexity index is 547. The molecule has 1 spiro atoms. The number of carbonyl (C=O) groups excluding carboxylic acids is 1. The topological polar surface area (TPSA) is 55.2 Å². The molecule has 24 heavy (non-hydrogen) atoms. The van der Waals surface area contributed by atoms with Crippen molar-refractivity contribution in [3.8, 4) is 0 Å². The first-order chi connectivity index (χ1) is 11.8. The third kappa shape index (κ3) is 3.10. The molecule has 132 valence electrons. The van der Waals surface area contributed by atoms with Crippen molar-refractivity contribution in [3.63, 3.8) is 0 Å². The highest BCUT2D eigenvalue weighted by Crippen LogP contribution is 2.45. The van der Waals surface area contributed by atoms with E-state index in [1.54, 1.807) is 6.26 Å². The first kappa shape index (κ1) is 16.1. The van der Waals surface area contributed by atoms with Crippen molar-refractivity contribution in [1.29, 1.82) is 0 Å². The minimum atomic E-state index is 0.0558. The van der Waals surface area contributed by atoms with Crippen molar-refractivity contribution in [2.24, 2.45) is 11.3 Å². The van der Waals surface area contributed by atoms with E-state index >= 15 is 0 Å². The number of hydrogen-bond acceptors (Lipinski definition) is 5. The van der Waals surface area contributed by atoms with Gasteiger partial charge in [0.25, 0.3) is 0 Å². The molecule has 3 fully saturated rings. The van der Waals surface area contributed by atoms with Crippen LogP contribution in [0.25, 0.3) is 0 Å². The van der Waals surface area contributed by atoms with Crippen molar-refractivity contribution in [3.05, 3.63) is 24.2 Å². The molecule has 6 heteroatoms. The van der Waals surface area contributed by atoms with Crippen LogP contribution < -0.4 is 0 Å². The van der Waals surface area contributed by atoms with E-state index in [-0.39, 0.29) is 11.3 Å². The maximum atomic E-state index is 13.2. The lowest BCUT2D eigenvalue weighted by molar-refractivity contribution is -0.144. The second-order valence-corrected chi connectivity index (χ2v) is 7.21. The summed E-state index contributed by atoms with van der Waals surface area (Å²) in [5.41, 5.74) is 0.0558. The summed E-state index contributed by atoms with van der Waals surface area (Å²) in [6.45, 7) is 6.84. The van der Waals surface area contributed by atoms with Crippen LogP contribution in [-0.4, -0.2) is 68.3 Å². The van der Waals surface area contributed by atoms with Gasteiger partial charge in [0.05, 0.1) is 31.9 Å². The number of ether oxygens (including phenoxy) is 2. The van der Waals surface area contributed by atoms with Crippen molar-refractivity contribution >= 4 is 5.91 Å². The number of nitrogens with zero attached hydrogens (tertiary/aromatic N) is 2. The van der Waals surface area contributed by atoms with E-state index in [4.69, 9.17) is 13.9 Å². The third-order valence-corrected chi connectivity index (χ3v) is 5.79. The molecule has 1 aromatic heterocycles. The zero-order valence-electron chi connectivity index (χ0n) is 14.1. The van der Waals surface area contributed by atoms with Crippen LogP contribution in [-0.2, 0) is 20.8 Å². The van der Waals surface area contributed by atoms with Crippen LogP contribution in [0.15, 0.2) is 22.8 Å². The number of rotatable bonds is 3. The second-order valence-electron chi connectivity index (χ2n) is 7.21. The highest BCUT2D eigenvalue weighted by Gasteiger charge is 2.51. The summed E-state index contributed by atoms with van der Waals surface area (Å²) in [4.78, 5) is 17.6. The van der Waals surface area contributed by atoms with Crippen LogP contribution in [0.1, 0.15) is 18.6 Å². The second kappa shape index (κ2) is 6.86. The molecule has 1 amide bonds. The molecule has 4 rings (SSSR count). The van der Waals surface area contributed by atoms with Gasteiger partial charge in [0.1, 0.15) is 5.76 Å². The van der Waals surface area contributed by atoms with Gasteiger partial charge in [0, 0.05) is 44.8 Å². The molecule has 0 aromatic carbocycles. The van der Waals surface area contributed by atoms with Gasteiger partial charge < -0.3 is 18.8 Å². The Balaban J connectivity index is 1.51. The van der Waals surface area contributed by atoms with E-state index in [1.165, 1.54) is 0 Å². The highest BCUT2D eigenvalue weighted by molar-refractivity contribution is 5.80. The normalized spacial score (nSPS) is 27.7. The molecule has 1 aromatic rings. The lowest BCUT2D eigenvalue weighted by Crippen LogP contribution is -2.49. The van der Waals surface area contributed by atoms with Crippen LogP contribution in [0.2, 0.25) is 0 Å². The van der Waals surface area contributed by atoms with Gasteiger partial charge in [-0.2, -0.15) is 0 Å². The molecule has 0 unspecified atom stereocenters. The Morgan fingerprint density at radius 1 is 1.17 bits per heavy atom. The molecular formula is C18H26N2O4. The van der Waals surface area contributed by atoms with E-state index in [0.29, 0.717) is 19.1 Å². The average Bonchev–Trinajstić information content (AvgIpc) is 3.24. The molecule has 0 radical (unpaired) electrons. The van der Waals surface area contributed by atoms with Gasteiger partial charge in [-0.25, -0.2) is 0 Å². The summed E-state index contributed by atoms with van der Waals surface area (Å²) in [5.74, 6) is 1.34. The standard InChI is InChI=1S/C18H26N2O4/c21-17(20-5-10-23-11-6-20)16-13-19(12-15-2-1-7-24-15)14-18(16)3-8-22-9-4-18/h1-2,7,16H,3-6,8-14H2/t16-/m1/s1. The molecule has 3 aliphatic rings. The van der Waals surface area contributed by atoms with Crippen LogP contribution in [0.3, 0.4) is 0 Å². The molecule has 4 heterocycles. The summed E-state index contributed by atoms with van der Waals surface area (Å²) in [6.07, 6.45) is 3.66. The first-order valence-electron chi connectivity index (χ1n) is 8.96. The van der Waals surface area contributed by atoms with Gasteiger partial charge in [-0.05, 0) is 25.0 Å². The molecular weight excluding hydrogens is 308 g/mol. The first-order valence-corrected chi connectivity index (χ1v) is 8.96.